The molecule has 2 aromatic carbocycles. The van der Waals surface area contributed by atoms with Gasteiger partial charge < -0.3 is 4.74 Å². The van der Waals surface area contributed by atoms with E-state index >= 15 is 0 Å². The summed E-state index contributed by atoms with van der Waals surface area (Å²) in [6, 6.07) is 6.98. The summed E-state index contributed by atoms with van der Waals surface area (Å²) in [5.74, 6) is -0.436. The molecule has 0 atom stereocenters. The van der Waals surface area contributed by atoms with Gasteiger partial charge in [-0.15, -0.1) is 0 Å². The van der Waals surface area contributed by atoms with Crippen molar-refractivity contribution in [2.45, 2.75) is 32.1 Å². The lowest BCUT2D eigenvalue weighted by molar-refractivity contribution is 0.112. The van der Waals surface area contributed by atoms with E-state index in [1.165, 1.54) is 12.1 Å². The second kappa shape index (κ2) is 6.49. The molecule has 0 bridgehead atoms. The normalized spacial score (nSPS) is 13.9. The van der Waals surface area contributed by atoms with Gasteiger partial charge in [0, 0.05) is 22.8 Å². The number of halogens is 2. The maximum atomic E-state index is 14.3. The quantitative estimate of drug-likeness (QED) is 0.692. The van der Waals surface area contributed by atoms with Gasteiger partial charge in [-0.05, 0) is 55.0 Å². The molecule has 0 unspecified atom stereocenters. The van der Waals surface area contributed by atoms with Crippen LogP contribution in [0.4, 0.5) is 8.78 Å². The summed E-state index contributed by atoms with van der Waals surface area (Å²) in [6.45, 7) is 2.45. The largest absolute Gasteiger partial charge is 0.493 e. The van der Waals surface area contributed by atoms with Crippen molar-refractivity contribution in [1.82, 2.24) is 0 Å². The van der Waals surface area contributed by atoms with Crippen molar-refractivity contribution in [2.24, 2.45) is 0 Å². The molecule has 23 heavy (non-hydrogen) atoms. The van der Waals surface area contributed by atoms with Gasteiger partial charge in [0.15, 0.2) is 0 Å². The van der Waals surface area contributed by atoms with Gasteiger partial charge in [-0.25, -0.2) is 8.78 Å². The second-order valence-corrected chi connectivity index (χ2v) is 5.85. The molecule has 0 heterocycles. The van der Waals surface area contributed by atoms with E-state index in [4.69, 9.17) is 4.74 Å². The minimum Gasteiger partial charge on any atom is -0.493 e. The number of ether oxygens (including phenoxy) is 1. The third-order valence-electron chi connectivity index (χ3n) is 3.97. The molecule has 1 saturated carbocycles. The van der Waals surface area contributed by atoms with Crippen molar-refractivity contribution in [3.63, 3.8) is 0 Å². The van der Waals surface area contributed by atoms with E-state index in [2.05, 4.69) is 0 Å². The van der Waals surface area contributed by atoms with Crippen LogP contribution in [-0.2, 0) is 0 Å². The maximum absolute atomic E-state index is 14.3. The van der Waals surface area contributed by atoms with Gasteiger partial charge >= 0.3 is 0 Å². The van der Waals surface area contributed by atoms with Gasteiger partial charge in [-0.1, -0.05) is 6.92 Å². The fraction of sp³-hybridized carbons (Fsp3) is 0.316. The average Bonchev–Trinajstić information content (AvgIpc) is 3.37. The Bertz CT molecular complexity index is 736. The van der Waals surface area contributed by atoms with Crippen LogP contribution in [0.2, 0.25) is 0 Å². The fourth-order valence-corrected chi connectivity index (χ4v) is 2.75. The molecule has 3 rings (SSSR count). The van der Waals surface area contributed by atoms with Gasteiger partial charge in [0.2, 0.25) is 0 Å². The fourth-order valence-electron chi connectivity index (χ4n) is 2.75. The molecule has 0 amide bonds. The number of aldehydes is 1. The zero-order valence-corrected chi connectivity index (χ0v) is 12.9. The SMILES string of the molecule is CCCOc1cc(C=O)cc(C2CC2)c1-c1ccc(F)cc1F. The van der Waals surface area contributed by atoms with E-state index in [-0.39, 0.29) is 0 Å². The first-order valence-corrected chi connectivity index (χ1v) is 7.85. The average molecular weight is 316 g/mol. The predicted octanol–water partition coefficient (Wildman–Crippen LogP) is 5.11. The van der Waals surface area contributed by atoms with Crippen molar-refractivity contribution >= 4 is 6.29 Å². The van der Waals surface area contributed by atoms with Crippen molar-refractivity contribution in [3.05, 3.63) is 53.1 Å². The molecule has 0 N–H and O–H groups in total. The number of carbonyl (C=O) groups is 1. The highest BCUT2D eigenvalue weighted by Gasteiger charge is 2.30. The molecule has 1 aliphatic carbocycles. The molecule has 2 aromatic rings. The smallest absolute Gasteiger partial charge is 0.150 e. The Balaban J connectivity index is 2.20. The Morgan fingerprint density at radius 2 is 2.00 bits per heavy atom. The standard InChI is InChI=1S/C19H18F2O2/c1-2-7-23-18-9-12(11-22)8-16(13-3-4-13)19(18)15-6-5-14(20)10-17(15)21/h5-6,8-11,13H,2-4,7H2,1H3. The molecule has 0 radical (unpaired) electrons. The zero-order valence-electron chi connectivity index (χ0n) is 12.9. The van der Waals surface area contributed by atoms with Crippen molar-refractivity contribution in [3.8, 4) is 16.9 Å². The Labute approximate surface area is 134 Å². The maximum Gasteiger partial charge on any atom is 0.150 e. The van der Waals surface area contributed by atoms with E-state index in [1.807, 2.05) is 6.92 Å². The molecule has 0 saturated heterocycles. The second-order valence-electron chi connectivity index (χ2n) is 5.85. The minimum atomic E-state index is -0.618. The minimum absolute atomic E-state index is 0.304. The van der Waals surface area contributed by atoms with E-state index in [1.54, 1.807) is 12.1 Å². The van der Waals surface area contributed by atoms with Gasteiger partial charge in [0.1, 0.15) is 23.7 Å². The van der Waals surface area contributed by atoms with E-state index < -0.39 is 11.6 Å². The number of rotatable bonds is 6. The topological polar surface area (TPSA) is 26.3 Å². The lowest BCUT2D eigenvalue weighted by atomic mass is 9.93. The lowest BCUT2D eigenvalue weighted by Crippen LogP contribution is -2.02. The molecule has 0 aromatic heterocycles. The number of benzene rings is 2. The van der Waals surface area contributed by atoms with E-state index in [9.17, 15) is 13.6 Å². The predicted molar refractivity (Wildman–Crippen MR) is 84.9 cm³/mol. The van der Waals surface area contributed by atoms with Crippen LogP contribution in [0.25, 0.3) is 11.1 Å². The molecule has 120 valence electrons. The summed E-state index contributed by atoms with van der Waals surface area (Å²) < 4.78 is 33.3. The number of carbonyl (C=O) groups excluding carboxylic acids is 1. The molecular weight excluding hydrogens is 298 g/mol. The van der Waals surface area contributed by atoms with Gasteiger partial charge in [0.05, 0.1) is 6.61 Å². The number of hydrogen-bond donors (Lipinski definition) is 0. The highest BCUT2D eigenvalue weighted by atomic mass is 19.1. The Hall–Kier alpha value is -2.23. The highest BCUT2D eigenvalue weighted by Crippen LogP contribution is 2.48. The lowest BCUT2D eigenvalue weighted by Gasteiger charge is -2.17. The van der Waals surface area contributed by atoms with E-state index in [0.29, 0.717) is 35.0 Å². The third-order valence-corrected chi connectivity index (χ3v) is 3.97. The van der Waals surface area contributed by atoms with Crippen molar-refractivity contribution < 1.29 is 18.3 Å². The van der Waals surface area contributed by atoms with Gasteiger partial charge in [0.25, 0.3) is 0 Å². The van der Waals surface area contributed by atoms with Crippen LogP contribution in [-0.4, -0.2) is 12.9 Å². The molecule has 1 fully saturated rings. The summed E-state index contributed by atoms with van der Waals surface area (Å²) in [7, 11) is 0. The zero-order chi connectivity index (χ0) is 16.4. The van der Waals surface area contributed by atoms with Gasteiger partial charge in [-0.2, -0.15) is 0 Å². The van der Waals surface area contributed by atoms with Gasteiger partial charge in [-0.3, -0.25) is 4.79 Å². The first-order valence-electron chi connectivity index (χ1n) is 7.85. The van der Waals surface area contributed by atoms with E-state index in [0.717, 1.165) is 37.2 Å². The Morgan fingerprint density at radius 3 is 2.61 bits per heavy atom. The summed E-state index contributed by atoms with van der Waals surface area (Å²) in [5.41, 5.74) is 2.39. The molecule has 2 nitrogen and oxygen atoms in total. The van der Waals surface area contributed by atoms with Crippen molar-refractivity contribution in [1.29, 1.82) is 0 Å². The monoisotopic (exact) mass is 316 g/mol. The van der Waals surface area contributed by atoms with Crippen molar-refractivity contribution in [2.75, 3.05) is 6.61 Å². The summed E-state index contributed by atoms with van der Waals surface area (Å²) in [6.07, 6.45) is 3.58. The first-order chi connectivity index (χ1) is 11.1. The van der Waals surface area contributed by atoms with Crippen LogP contribution in [0, 0.1) is 11.6 Å². The van der Waals surface area contributed by atoms with Crippen LogP contribution in [0.15, 0.2) is 30.3 Å². The first kappa shape index (κ1) is 15.7. The van der Waals surface area contributed by atoms with Crippen LogP contribution in [0.3, 0.4) is 0 Å². The molecule has 1 aliphatic rings. The van der Waals surface area contributed by atoms with Crippen LogP contribution in [0.1, 0.15) is 48.0 Å². The summed E-state index contributed by atoms with van der Waals surface area (Å²) >= 11 is 0. The molecular formula is C19H18F2O2. The van der Waals surface area contributed by atoms with Crippen LogP contribution >= 0.6 is 0 Å². The molecule has 0 aliphatic heterocycles. The molecule has 0 spiro atoms. The Morgan fingerprint density at radius 1 is 1.22 bits per heavy atom. The Kier molecular flexibility index (Phi) is 4.42. The van der Waals surface area contributed by atoms with Crippen LogP contribution in [0.5, 0.6) is 5.75 Å². The summed E-state index contributed by atoms with van der Waals surface area (Å²) in [4.78, 5) is 11.2. The summed E-state index contributed by atoms with van der Waals surface area (Å²) in [5, 5.41) is 0. The van der Waals surface area contributed by atoms with Crippen LogP contribution < -0.4 is 4.74 Å². The molecule has 4 heteroatoms. The highest BCUT2D eigenvalue weighted by molar-refractivity contribution is 5.83. The third kappa shape index (κ3) is 3.26. The number of hydrogen-bond acceptors (Lipinski definition) is 2.